The van der Waals surface area contributed by atoms with Crippen LogP contribution in [0.5, 0.6) is 5.75 Å². The zero-order valence-electron chi connectivity index (χ0n) is 11.6. The van der Waals surface area contributed by atoms with E-state index in [0.29, 0.717) is 12.0 Å². The predicted molar refractivity (Wildman–Crippen MR) is 79.9 cm³/mol. The SMILES string of the molecule is COc1ccc(C(C)NCC(C)c2nccs2)cc1. The van der Waals surface area contributed by atoms with Crippen LogP contribution in [-0.2, 0) is 0 Å². The van der Waals surface area contributed by atoms with Crippen LogP contribution in [0.3, 0.4) is 0 Å². The Morgan fingerprint density at radius 2 is 2.00 bits per heavy atom. The van der Waals surface area contributed by atoms with E-state index in [0.717, 1.165) is 12.3 Å². The van der Waals surface area contributed by atoms with Gasteiger partial charge in [-0.1, -0.05) is 19.1 Å². The van der Waals surface area contributed by atoms with E-state index in [4.69, 9.17) is 4.74 Å². The Balaban J connectivity index is 1.88. The third-order valence-corrected chi connectivity index (χ3v) is 4.23. The van der Waals surface area contributed by atoms with Gasteiger partial charge in [0.15, 0.2) is 0 Å². The number of nitrogens with zero attached hydrogens (tertiary/aromatic N) is 1. The highest BCUT2D eigenvalue weighted by Gasteiger charge is 2.11. The minimum absolute atomic E-state index is 0.327. The lowest BCUT2D eigenvalue weighted by atomic mass is 10.1. The van der Waals surface area contributed by atoms with Crippen LogP contribution in [0.4, 0.5) is 0 Å². The van der Waals surface area contributed by atoms with Crippen molar-refractivity contribution in [2.24, 2.45) is 0 Å². The molecular weight excluding hydrogens is 256 g/mol. The molecule has 1 aromatic heterocycles. The summed E-state index contributed by atoms with van der Waals surface area (Å²) >= 11 is 1.72. The lowest BCUT2D eigenvalue weighted by Gasteiger charge is -2.17. The highest BCUT2D eigenvalue weighted by Crippen LogP contribution is 2.20. The number of rotatable bonds is 6. The number of hydrogen-bond donors (Lipinski definition) is 1. The van der Waals surface area contributed by atoms with Crippen molar-refractivity contribution in [3.05, 3.63) is 46.4 Å². The molecule has 1 aromatic carbocycles. The van der Waals surface area contributed by atoms with Gasteiger partial charge in [-0.2, -0.15) is 0 Å². The Bertz CT molecular complexity index is 481. The molecule has 0 spiro atoms. The Morgan fingerprint density at radius 3 is 2.58 bits per heavy atom. The van der Waals surface area contributed by atoms with Gasteiger partial charge in [-0.25, -0.2) is 4.98 Å². The summed E-state index contributed by atoms with van der Waals surface area (Å²) in [6.45, 7) is 5.31. The number of thiazole rings is 1. The van der Waals surface area contributed by atoms with E-state index in [2.05, 4.69) is 36.3 Å². The first-order chi connectivity index (χ1) is 9.20. The largest absolute Gasteiger partial charge is 0.497 e. The van der Waals surface area contributed by atoms with Gasteiger partial charge in [-0.05, 0) is 24.6 Å². The molecule has 0 saturated carbocycles. The van der Waals surface area contributed by atoms with Crippen LogP contribution >= 0.6 is 11.3 Å². The lowest BCUT2D eigenvalue weighted by Crippen LogP contribution is -2.23. The maximum atomic E-state index is 5.17. The van der Waals surface area contributed by atoms with E-state index in [1.165, 1.54) is 10.6 Å². The molecule has 0 radical (unpaired) electrons. The van der Waals surface area contributed by atoms with Gasteiger partial charge in [0, 0.05) is 30.1 Å². The summed E-state index contributed by atoms with van der Waals surface area (Å²) in [4.78, 5) is 4.35. The fourth-order valence-electron chi connectivity index (χ4n) is 1.93. The summed E-state index contributed by atoms with van der Waals surface area (Å²) in [6, 6.07) is 8.53. The van der Waals surface area contributed by atoms with E-state index >= 15 is 0 Å². The number of hydrogen-bond acceptors (Lipinski definition) is 4. The molecule has 19 heavy (non-hydrogen) atoms. The molecule has 0 aliphatic carbocycles. The molecule has 0 fully saturated rings. The molecule has 0 aliphatic rings. The topological polar surface area (TPSA) is 34.1 Å². The smallest absolute Gasteiger partial charge is 0.118 e. The van der Waals surface area contributed by atoms with E-state index in [-0.39, 0.29) is 0 Å². The molecule has 2 atom stereocenters. The Hall–Kier alpha value is -1.39. The zero-order valence-corrected chi connectivity index (χ0v) is 12.4. The first-order valence-electron chi connectivity index (χ1n) is 6.47. The van der Waals surface area contributed by atoms with E-state index in [9.17, 15) is 0 Å². The maximum absolute atomic E-state index is 5.17. The Morgan fingerprint density at radius 1 is 1.26 bits per heavy atom. The van der Waals surface area contributed by atoms with Crippen molar-refractivity contribution < 1.29 is 4.74 Å². The van der Waals surface area contributed by atoms with E-state index in [1.807, 2.05) is 23.7 Å². The monoisotopic (exact) mass is 276 g/mol. The molecule has 0 bridgehead atoms. The number of benzene rings is 1. The second kappa shape index (κ2) is 6.68. The molecule has 0 aliphatic heterocycles. The number of ether oxygens (including phenoxy) is 1. The van der Waals surface area contributed by atoms with E-state index in [1.54, 1.807) is 18.4 Å². The second-order valence-electron chi connectivity index (χ2n) is 4.67. The molecule has 0 saturated heterocycles. The first kappa shape index (κ1) is 14.0. The minimum atomic E-state index is 0.327. The molecule has 102 valence electrons. The number of aromatic nitrogens is 1. The third kappa shape index (κ3) is 3.78. The highest BCUT2D eigenvalue weighted by molar-refractivity contribution is 7.09. The number of nitrogens with one attached hydrogen (secondary N) is 1. The summed E-state index contributed by atoms with van der Waals surface area (Å²) in [5.41, 5.74) is 1.27. The van der Waals surface area contributed by atoms with Gasteiger partial charge >= 0.3 is 0 Å². The summed E-state index contributed by atoms with van der Waals surface area (Å²) in [6.07, 6.45) is 1.86. The first-order valence-corrected chi connectivity index (χ1v) is 7.35. The lowest BCUT2D eigenvalue weighted by molar-refractivity contribution is 0.414. The van der Waals surface area contributed by atoms with Crippen LogP contribution < -0.4 is 10.1 Å². The molecule has 2 unspecified atom stereocenters. The van der Waals surface area contributed by atoms with Crippen LogP contribution in [0.1, 0.15) is 36.4 Å². The fourth-order valence-corrected chi connectivity index (χ4v) is 2.63. The normalized spacial score (nSPS) is 14.1. The Kier molecular flexibility index (Phi) is 4.93. The second-order valence-corrected chi connectivity index (χ2v) is 5.60. The van der Waals surface area contributed by atoms with Gasteiger partial charge in [-0.15, -0.1) is 11.3 Å². The predicted octanol–water partition coefficient (Wildman–Crippen LogP) is 3.61. The number of methoxy groups -OCH3 is 1. The van der Waals surface area contributed by atoms with Crippen LogP contribution in [-0.4, -0.2) is 18.6 Å². The molecule has 2 rings (SSSR count). The molecule has 1 N–H and O–H groups in total. The van der Waals surface area contributed by atoms with Crippen molar-refractivity contribution >= 4 is 11.3 Å². The quantitative estimate of drug-likeness (QED) is 0.875. The van der Waals surface area contributed by atoms with Crippen LogP contribution in [0.2, 0.25) is 0 Å². The molecule has 3 nitrogen and oxygen atoms in total. The summed E-state index contributed by atoms with van der Waals surface area (Å²) in [5.74, 6) is 1.34. The molecular formula is C15H20N2OS. The van der Waals surface area contributed by atoms with Gasteiger partial charge in [0.1, 0.15) is 5.75 Å². The average Bonchev–Trinajstić information content (AvgIpc) is 2.98. The zero-order chi connectivity index (χ0) is 13.7. The molecule has 2 aromatic rings. The van der Waals surface area contributed by atoms with Gasteiger partial charge in [0.25, 0.3) is 0 Å². The van der Waals surface area contributed by atoms with Crippen molar-refractivity contribution in [1.29, 1.82) is 0 Å². The van der Waals surface area contributed by atoms with Crippen molar-refractivity contribution in [2.75, 3.05) is 13.7 Å². The molecule has 4 heteroatoms. The van der Waals surface area contributed by atoms with Crippen LogP contribution in [0.25, 0.3) is 0 Å². The molecule has 0 amide bonds. The fraction of sp³-hybridized carbons (Fsp3) is 0.400. The standard InChI is InChI=1S/C15H20N2OS/c1-11(15-16-8-9-19-15)10-17-12(2)13-4-6-14(18-3)7-5-13/h4-9,11-12,17H,10H2,1-3H3. The summed E-state index contributed by atoms with van der Waals surface area (Å²) < 4.78 is 5.17. The minimum Gasteiger partial charge on any atom is -0.497 e. The maximum Gasteiger partial charge on any atom is 0.118 e. The van der Waals surface area contributed by atoms with Crippen molar-refractivity contribution in [2.45, 2.75) is 25.8 Å². The average molecular weight is 276 g/mol. The van der Waals surface area contributed by atoms with E-state index < -0.39 is 0 Å². The van der Waals surface area contributed by atoms with Crippen molar-refractivity contribution in [3.63, 3.8) is 0 Å². The summed E-state index contributed by atoms with van der Waals surface area (Å²) in [7, 11) is 1.69. The van der Waals surface area contributed by atoms with Gasteiger partial charge < -0.3 is 10.1 Å². The van der Waals surface area contributed by atoms with Crippen LogP contribution in [0.15, 0.2) is 35.8 Å². The van der Waals surface area contributed by atoms with Gasteiger partial charge in [0.05, 0.1) is 12.1 Å². The van der Waals surface area contributed by atoms with Crippen molar-refractivity contribution in [3.8, 4) is 5.75 Å². The molecule has 1 heterocycles. The van der Waals surface area contributed by atoms with Gasteiger partial charge in [-0.3, -0.25) is 0 Å². The third-order valence-electron chi connectivity index (χ3n) is 3.22. The summed E-state index contributed by atoms with van der Waals surface area (Å²) in [5, 5.41) is 6.77. The Labute approximate surface area is 118 Å². The van der Waals surface area contributed by atoms with Crippen molar-refractivity contribution in [1.82, 2.24) is 10.3 Å². The highest BCUT2D eigenvalue weighted by atomic mass is 32.1. The van der Waals surface area contributed by atoms with Gasteiger partial charge in [0.2, 0.25) is 0 Å². The van der Waals surface area contributed by atoms with Crippen LogP contribution in [0, 0.1) is 0 Å².